The molecule has 0 spiro atoms. The number of rotatable bonds is 9. The lowest BCUT2D eigenvalue weighted by atomic mass is 10.1. The lowest BCUT2D eigenvalue weighted by Gasteiger charge is -2.12. The van der Waals surface area contributed by atoms with Crippen LogP contribution < -0.4 is 5.32 Å². The first-order valence-electron chi connectivity index (χ1n) is 7.17. The van der Waals surface area contributed by atoms with E-state index in [0.717, 1.165) is 12.2 Å². The van der Waals surface area contributed by atoms with Crippen LogP contribution in [0.4, 0.5) is 0 Å². The standard InChI is InChI=1S/C15H26N2O2/c1-4-5-6-7-8-12(2)16-11-13-9-10-14(17-13)15(18)19-3/h9-10,12,16-17H,4-8,11H2,1-3H3. The molecule has 1 aromatic rings. The quantitative estimate of drug-likeness (QED) is 0.533. The van der Waals surface area contributed by atoms with Crippen LogP contribution in [0.5, 0.6) is 0 Å². The van der Waals surface area contributed by atoms with Crippen LogP contribution in [0.2, 0.25) is 0 Å². The van der Waals surface area contributed by atoms with Crippen molar-refractivity contribution in [3.63, 3.8) is 0 Å². The topological polar surface area (TPSA) is 54.1 Å². The van der Waals surface area contributed by atoms with Crippen molar-refractivity contribution in [3.8, 4) is 0 Å². The number of aromatic amines is 1. The van der Waals surface area contributed by atoms with Gasteiger partial charge in [-0.1, -0.05) is 32.6 Å². The Hall–Kier alpha value is -1.29. The maximum Gasteiger partial charge on any atom is 0.354 e. The minimum atomic E-state index is -0.320. The summed E-state index contributed by atoms with van der Waals surface area (Å²) in [5.41, 5.74) is 1.52. The van der Waals surface area contributed by atoms with E-state index in [1.165, 1.54) is 39.2 Å². The zero-order valence-corrected chi connectivity index (χ0v) is 12.3. The highest BCUT2D eigenvalue weighted by Gasteiger charge is 2.08. The Bertz CT molecular complexity index is 374. The molecule has 0 saturated heterocycles. The molecule has 0 amide bonds. The molecule has 108 valence electrons. The molecule has 2 N–H and O–H groups in total. The zero-order chi connectivity index (χ0) is 14.1. The van der Waals surface area contributed by atoms with Crippen molar-refractivity contribution in [2.75, 3.05) is 7.11 Å². The van der Waals surface area contributed by atoms with Crippen molar-refractivity contribution in [2.24, 2.45) is 0 Å². The number of hydrogen-bond donors (Lipinski definition) is 2. The number of H-pyrrole nitrogens is 1. The van der Waals surface area contributed by atoms with Gasteiger partial charge >= 0.3 is 5.97 Å². The molecule has 4 nitrogen and oxygen atoms in total. The molecule has 0 bridgehead atoms. The Morgan fingerprint density at radius 1 is 1.37 bits per heavy atom. The van der Waals surface area contributed by atoms with E-state index in [1.54, 1.807) is 6.07 Å². The van der Waals surface area contributed by atoms with Crippen LogP contribution in [-0.2, 0) is 11.3 Å². The number of ether oxygens (including phenoxy) is 1. The van der Waals surface area contributed by atoms with Gasteiger partial charge in [-0.3, -0.25) is 0 Å². The van der Waals surface area contributed by atoms with Gasteiger partial charge in [0.1, 0.15) is 5.69 Å². The zero-order valence-electron chi connectivity index (χ0n) is 12.3. The summed E-state index contributed by atoms with van der Waals surface area (Å²) in [4.78, 5) is 14.4. The highest BCUT2D eigenvalue weighted by Crippen LogP contribution is 2.07. The highest BCUT2D eigenvalue weighted by molar-refractivity contribution is 5.87. The lowest BCUT2D eigenvalue weighted by Crippen LogP contribution is -2.25. The van der Waals surface area contributed by atoms with Crippen molar-refractivity contribution < 1.29 is 9.53 Å². The van der Waals surface area contributed by atoms with E-state index in [2.05, 4.69) is 28.9 Å². The van der Waals surface area contributed by atoms with Crippen LogP contribution in [-0.4, -0.2) is 24.1 Å². The largest absolute Gasteiger partial charge is 0.464 e. The van der Waals surface area contributed by atoms with E-state index in [9.17, 15) is 4.79 Å². The second-order valence-corrected chi connectivity index (χ2v) is 5.02. The first-order valence-corrected chi connectivity index (χ1v) is 7.17. The molecule has 1 heterocycles. The summed E-state index contributed by atoms with van der Waals surface area (Å²) in [7, 11) is 1.39. The van der Waals surface area contributed by atoms with Crippen LogP contribution in [0.3, 0.4) is 0 Å². The van der Waals surface area contributed by atoms with E-state index in [1.807, 2.05) is 6.07 Å². The molecular formula is C15H26N2O2. The molecule has 0 aliphatic rings. The number of nitrogens with one attached hydrogen (secondary N) is 2. The van der Waals surface area contributed by atoms with Crippen molar-refractivity contribution in [1.29, 1.82) is 0 Å². The van der Waals surface area contributed by atoms with Crippen molar-refractivity contribution in [2.45, 2.75) is 58.5 Å². The Balaban J connectivity index is 2.24. The Morgan fingerprint density at radius 2 is 2.16 bits per heavy atom. The molecule has 1 unspecified atom stereocenters. The van der Waals surface area contributed by atoms with Crippen molar-refractivity contribution in [1.82, 2.24) is 10.3 Å². The second kappa shape index (κ2) is 8.75. The van der Waals surface area contributed by atoms with E-state index in [-0.39, 0.29) is 5.97 Å². The van der Waals surface area contributed by atoms with Crippen molar-refractivity contribution >= 4 is 5.97 Å². The average molecular weight is 266 g/mol. The lowest BCUT2D eigenvalue weighted by molar-refractivity contribution is 0.0594. The molecule has 0 saturated carbocycles. The molecular weight excluding hydrogens is 240 g/mol. The number of aromatic nitrogens is 1. The van der Waals surface area contributed by atoms with Gasteiger partial charge in [-0.25, -0.2) is 4.79 Å². The fourth-order valence-electron chi connectivity index (χ4n) is 2.04. The molecule has 1 atom stereocenters. The Kier molecular flexibility index (Phi) is 7.26. The normalized spacial score (nSPS) is 12.4. The highest BCUT2D eigenvalue weighted by atomic mass is 16.5. The molecule has 0 radical (unpaired) electrons. The number of carbonyl (C=O) groups is 1. The van der Waals surface area contributed by atoms with E-state index < -0.39 is 0 Å². The molecule has 0 aliphatic heterocycles. The van der Waals surface area contributed by atoms with E-state index >= 15 is 0 Å². The van der Waals surface area contributed by atoms with Crippen LogP contribution in [0.25, 0.3) is 0 Å². The SMILES string of the molecule is CCCCCCC(C)NCc1ccc(C(=O)OC)[nH]1. The summed E-state index contributed by atoms with van der Waals surface area (Å²) in [6.07, 6.45) is 6.40. The summed E-state index contributed by atoms with van der Waals surface area (Å²) < 4.78 is 4.66. The minimum Gasteiger partial charge on any atom is -0.464 e. The number of hydrogen-bond acceptors (Lipinski definition) is 3. The van der Waals surface area contributed by atoms with Crippen LogP contribution in [0.1, 0.15) is 62.1 Å². The smallest absolute Gasteiger partial charge is 0.354 e. The molecule has 0 aliphatic carbocycles. The van der Waals surface area contributed by atoms with Gasteiger partial charge in [0.15, 0.2) is 0 Å². The number of esters is 1. The predicted molar refractivity (Wildman–Crippen MR) is 77.2 cm³/mol. The van der Waals surface area contributed by atoms with E-state index in [4.69, 9.17) is 0 Å². The molecule has 0 aromatic carbocycles. The van der Waals surface area contributed by atoms with Crippen LogP contribution in [0, 0.1) is 0 Å². The van der Waals surface area contributed by atoms with Crippen molar-refractivity contribution in [3.05, 3.63) is 23.5 Å². The third-order valence-electron chi connectivity index (χ3n) is 3.28. The maximum absolute atomic E-state index is 11.3. The first kappa shape index (κ1) is 15.8. The summed E-state index contributed by atoms with van der Waals surface area (Å²) in [6.45, 7) is 5.19. The molecule has 1 rings (SSSR count). The molecule has 4 heteroatoms. The Labute approximate surface area is 115 Å². The second-order valence-electron chi connectivity index (χ2n) is 5.02. The van der Waals surface area contributed by atoms with Gasteiger partial charge in [-0.05, 0) is 25.5 Å². The average Bonchev–Trinajstić information content (AvgIpc) is 2.89. The maximum atomic E-state index is 11.3. The number of unbranched alkanes of at least 4 members (excludes halogenated alkanes) is 3. The third-order valence-corrected chi connectivity index (χ3v) is 3.28. The third kappa shape index (κ3) is 5.92. The van der Waals surface area contributed by atoms with Crippen LogP contribution in [0.15, 0.2) is 12.1 Å². The van der Waals surface area contributed by atoms with Gasteiger partial charge in [-0.15, -0.1) is 0 Å². The summed E-state index contributed by atoms with van der Waals surface area (Å²) in [6, 6.07) is 4.18. The summed E-state index contributed by atoms with van der Waals surface area (Å²) in [5, 5.41) is 3.46. The first-order chi connectivity index (χ1) is 9.17. The van der Waals surface area contributed by atoms with Gasteiger partial charge in [-0.2, -0.15) is 0 Å². The number of carbonyl (C=O) groups excluding carboxylic acids is 1. The van der Waals surface area contributed by atoms with Gasteiger partial charge in [0, 0.05) is 18.3 Å². The number of methoxy groups -OCH3 is 1. The van der Waals surface area contributed by atoms with Gasteiger partial charge in [0.2, 0.25) is 0 Å². The predicted octanol–water partition coefficient (Wildman–Crippen LogP) is 3.25. The fourth-order valence-corrected chi connectivity index (χ4v) is 2.04. The molecule has 1 aromatic heterocycles. The fraction of sp³-hybridized carbons (Fsp3) is 0.667. The van der Waals surface area contributed by atoms with Crippen LogP contribution >= 0.6 is 0 Å². The summed E-state index contributed by atoms with van der Waals surface area (Å²) in [5.74, 6) is -0.320. The van der Waals surface area contributed by atoms with Gasteiger partial charge in [0.05, 0.1) is 7.11 Å². The van der Waals surface area contributed by atoms with E-state index in [0.29, 0.717) is 11.7 Å². The molecule has 19 heavy (non-hydrogen) atoms. The van der Waals surface area contributed by atoms with Gasteiger partial charge in [0.25, 0.3) is 0 Å². The monoisotopic (exact) mass is 266 g/mol. The minimum absolute atomic E-state index is 0.320. The molecule has 0 fully saturated rings. The summed E-state index contributed by atoms with van der Waals surface area (Å²) >= 11 is 0. The Morgan fingerprint density at radius 3 is 2.84 bits per heavy atom. The van der Waals surface area contributed by atoms with Gasteiger partial charge < -0.3 is 15.0 Å².